The number of amides is 1. The number of anilines is 1. The summed E-state index contributed by atoms with van der Waals surface area (Å²) in [7, 11) is 1.85. The van der Waals surface area contributed by atoms with Gasteiger partial charge in [0.05, 0.1) is 23.0 Å². The van der Waals surface area contributed by atoms with Gasteiger partial charge in [-0.2, -0.15) is 13.2 Å². The lowest BCUT2D eigenvalue weighted by Gasteiger charge is -2.33. The summed E-state index contributed by atoms with van der Waals surface area (Å²) in [5.74, 6) is -0.204. The first-order chi connectivity index (χ1) is 16.6. The largest absolute Gasteiger partial charge is 0.417 e. The van der Waals surface area contributed by atoms with E-state index in [0.29, 0.717) is 17.5 Å². The fraction of sp³-hybridized carbons (Fsp3) is 0.385. The first-order valence-electron chi connectivity index (χ1n) is 11.5. The summed E-state index contributed by atoms with van der Waals surface area (Å²) in [6, 6.07) is 6.13. The van der Waals surface area contributed by atoms with E-state index in [0.717, 1.165) is 25.0 Å². The Morgan fingerprint density at radius 3 is 2.74 bits per heavy atom. The Morgan fingerprint density at radius 2 is 2.06 bits per heavy atom. The zero-order valence-corrected chi connectivity index (χ0v) is 19.5. The van der Waals surface area contributed by atoms with Crippen molar-refractivity contribution in [2.24, 2.45) is 0 Å². The molecule has 1 amide bonds. The van der Waals surface area contributed by atoms with Crippen LogP contribution in [0.4, 0.5) is 23.2 Å². The highest BCUT2D eigenvalue weighted by molar-refractivity contribution is 6.01. The number of rotatable bonds is 7. The van der Waals surface area contributed by atoms with Crippen LogP contribution in [-0.4, -0.2) is 60.9 Å². The molecule has 9 heteroatoms. The Kier molecular flexibility index (Phi) is 7.25. The number of pyridine rings is 1. The lowest BCUT2D eigenvalue weighted by atomic mass is 9.99. The molecule has 2 atom stereocenters. The summed E-state index contributed by atoms with van der Waals surface area (Å²) in [5.41, 5.74) is 0.584. The van der Waals surface area contributed by atoms with Gasteiger partial charge >= 0.3 is 6.18 Å². The number of benzene rings is 1. The minimum absolute atomic E-state index is 0.204. The molecule has 186 valence electrons. The molecule has 35 heavy (non-hydrogen) atoms. The monoisotopic (exact) mass is 488 g/mol. The zero-order valence-electron chi connectivity index (χ0n) is 19.5. The van der Waals surface area contributed by atoms with Gasteiger partial charge in [-0.1, -0.05) is 30.4 Å². The van der Waals surface area contributed by atoms with E-state index in [1.54, 1.807) is 42.5 Å². The Balaban J connectivity index is 1.65. The number of piperidine rings is 1. The van der Waals surface area contributed by atoms with Crippen LogP contribution in [0.3, 0.4) is 0 Å². The van der Waals surface area contributed by atoms with E-state index in [1.165, 1.54) is 0 Å². The van der Waals surface area contributed by atoms with E-state index >= 15 is 0 Å². The van der Waals surface area contributed by atoms with Crippen molar-refractivity contribution in [3.05, 3.63) is 60.0 Å². The summed E-state index contributed by atoms with van der Waals surface area (Å²) in [6.07, 6.45) is 1.43. The molecule has 0 bridgehead atoms. The number of likely N-dealkylation sites (tertiary alicyclic amines) is 1. The number of hydrogen-bond donors (Lipinski definition) is 2. The molecule has 2 aromatic rings. The number of carbonyl (C=O) groups excluding carboxylic acids is 1. The molecule has 0 spiro atoms. The highest BCUT2D eigenvalue weighted by Gasteiger charge is 2.35. The van der Waals surface area contributed by atoms with Crippen LogP contribution in [-0.2, 0) is 4.79 Å². The minimum Gasteiger partial charge on any atom is -0.379 e. The van der Waals surface area contributed by atoms with Gasteiger partial charge in [0.15, 0.2) is 0 Å². The second-order valence-corrected chi connectivity index (χ2v) is 9.04. The van der Waals surface area contributed by atoms with Gasteiger partial charge in [0.1, 0.15) is 6.17 Å². The third-order valence-corrected chi connectivity index (χ3v) is 6.16. The lowest BCUT2D eigenvalue weighted by molar-refractivity contribution is -0.116. The molecule has 2 aliphatic rings. The van der Waals surface area contributed by atoms with Gasteiger partial charge in [-0.15, -0.1) is 0 Å². The maximum absolute atomic E-state index is 14.7. The Morgan fingerprint density at radius 1 is 1.29 bits per heavy atom. The minimum atomic E-state index is -4.66. The van der Waals surface area contributed by atoms with Gasteiger partial charge in [0.2, 0.25) is 5.91 Å². The van der Waals surface area contributed by atoms with Gasteiger partial charge in [-0.25, -0.2) is 9.37 Å². The maximum atomic E-state index is 14.7. The number of fused-ring (bicyclic) bond motifs is 1. The molecule has 5 nitrogen and oxygen atoms in total. The van der Waals surface area contributed by atoms with E-state index < -0.39 is 24.0 Å². The number of carbonyl (C=O) groups is 1. The van der Waals surface area contributed by atoms with Crippen LogP contribution in [0.5, 0.6) is 0 Å². The predicted molar refractivity (Wildman–Crippen MR) is 131 cm³/mol. The molecule has 1 aliphatic heterocycles. The molecule has 4 rings (SSSR count). The Hall–Kier alpha value is -3.20. The molecule has 1 aliphatic carbocycles. The van der Waals surface area contributed by atoms with Crippen molar-refractivity contribution in [1.82, 2.24) is 15.2 Å². The fourth-order valence-electron chi connectivity index (χ4n) is 4.08. The van der Waals surface area contributed by atoms with Crippen molar-refractivity contribution in [1.29, 1.82) is 0 Å². The number of alkyl halides is 4. The third-order valence-electron chi connectivity index (χ3n) is 6.16. The van der Waals surface area contributed by atoms with E-state index in [-0.39, 0.29) is 35.8 Å². The SMILES string of the molecule is C=C(c1nc(/C=C/CNC(=O)C=C2CC2)cc2c(N[C@@H]3CCN(C)C[C@@H]3F)cccc12)C(F)(F)F. The third kappa shape index (κ3) is 6.28. The van der Waals surface area contributed by atoms with Crippen molar-refractivity contribution in [2.75, 3.05) is 32.0 Å². The second kappa shape index (κ2) is 10.2. The lowest BCUT2D eigenvalue weighted by Crippen LogP contribution is -2.46. The van der Waals surface area contributed by atoms with Gasteiger partial charge < -0.3 is 15.5 Å². The molecule has 1 saturated carbocycles. The van der Waals surface area contributed by atoms with E-state index in [9.17, 15) is 22.4 Å². The second-order valence-electron chi connectivity index (χ2n) is 9.04. The van der Waals surface area contributed by atoms with Crippen molar-refractivity contribution in [3.63, 3.8) is 0 Å². The molecular formula is C26H28F4N4O. The molecule has 1 aromatic carbocycles. The molecule has 2 N–H and O–H groups in total. The predicted octanol–water partition coefficient (Wildman–Crippen LogP) is 5.11. The molecule has 0 unspecified atom stereocenters. The fourth-order valence-corrected chi connectivity index (χ4v) is 4.08. The normalized spacial score (nSPS) is 20.8. The Labute approximate surface area is 201 Å². The summed E-state index contributed by atoms with van der Waals surface area (Å²) < 4.78 is 55.4. The van der Waals surface area contributed by atoms with E-state index in [4.69, 9.17) is 0 Å². The molecule has 2 fully saturated rings. The highest BCUT2D eigenvalue weighted by atomic mass is 19.4. The molecular weight excluding hydrogens is 460 g/mol. The summed E-state index contributed by atoms with van der Waals surface area (Å²) >= 11 is 0. The van der Waals surface area contributed by atoms with Gasteiger partial charge in [0.25, 0.3) is 0 Å². The number of allylic oxidation sites excluding steroid dienone is 2. The molecule has 1 aromatic heterocycles. The topological polar surface area (TPSA) is 57.3 Å². The van der Waals surface area contributed by atoms with Crippen molar-refractivity contribution >= 4 is 34.0 Å². The number of nitrogens with one attached hydrogen (secondary N) is 2. The molecule has 2 heterocycles. The number of hydrogen-bond acceptors (Lipinski definition) is 4. The number of nitrogens with zero attached hydrogens (tertiary/aromatic N) is 2. The van der Waals surface area contributed by atoms with Crippen LogP contribution in [0.1, 0.15) is 30.7 Å². The van der Waals surface area contributed by atoms with Crippen molar-refractivity contribution in [3.8, 4) is 0 Å². The average molecular weight is 489 g/mol. The van der Waals surface area contributed by atoms with Crippen LogP contribution in [0.15, 0.2) is 48.6 Å². The highest BCUT2D eigenvalue weighted by Crippen LogP contribution is 2.37. The Bertz CT molecular complexity index is 1180. The summed E-state index contributed by atoms with van der Waals surface area (Å²) in [6.45, 7) is 4.46. The van der Waals surface area contributed by atoms with E-state index in [1.807, 2.05) is 11.9 Å². The molecule has 0 radical (unpaired) electrons. The quantitative estimate of drug-likeness (QED) is 0.420. The first kappa shape index (κ1) is 24.9. The summed E-state index contributed by atoms with van der Waals surface area (Å²) in [4.78, 5) is 17.9. The average Bonchev–Trinajstić information content (AvgIpc) is 3.61. The van der Waals surface area contributed by atoms with Crippen LogP contribution < -0.4 is 10.6 Å². The van der Waals surface area contributed by atoms with Crippen molar-refractivity contribution in [2.45, 2.75) is 37.7 Å². The number of aromatic nitrogens is 1. The zero-order chi connectivity index (χ0) is 25.2. The number of halogens is 4. The van der Waals surface area contributed by atoms with Gasteiger partial charge in [-0.3, -0.25) is 4.79 Å². The summed E-state index contributed by atoms with van der Waals surface area (Å²) in [5, 5.41) is 6.69. The molecule has 1 saturated heterocycles. The van der Waals surface area contributed by atoms with Crippen LogP contribution in [0.25, 0.3) is 22.4 Å². The van der Waals surface area contributed by atoms with Crippen LogP contribution in [0, 0.1) is 0 Å². The van der Waals surface area contributed by atoms with Crippen LogP contribution in [0.2, 0.25) is 0 Å². The first-order valence-corrected chi connectivity index (χ1v) is 11.5. The van der Waals surface area contributed by atoms with E-state index in [2.05, 4.69) is 22.2 Å². The smallest absolute Gasteiger partial charge is 0.379 e. The van der Waals surface area contributed by atoms with Crippen molar-refractivity contribution < 1.29 is 22.4 Å². The van der Waals surface area contributed by atoms with Crippen LogP contribution >= 0.6 is 0 Å². The van der Waals surface area contributed by atoms with Gasteiger partial charge in [0, 0.05) is 42.2 Å². The standard InChI is InChI=1S/C26H28F4N4O/c1-16(26(28,29)30)25-19-6-3-7-22(33-23-10-12-34(2)15-21(23)27)20(19)14-18(32-25)5-4-11-31-24(35)13-17-8-9-17/h3-7,13-14,21,23,33H,1,8-12,15H2,2H3,(H,31,35)/b5-4+/t21-,23+/m0/s1. The van der Waals surface area contributed by atoms with Gasteiger partial charge in [-0.05, 0) is 44.5 Å². The maximum Gasteiger partial charge on any atom is 0.417 e.